The van der Waals surface area contributed by atoms with Gasteiger partial charge in [0.15, 0.2) is 0 Å². The minimum Gasteiger partial charge on any atom is -0.382 e. The Morgan fingerprint density at radius 1 is 1.35 bits per heavy atom. The topological polar surface area (TPSA) is 48.1 Å². The number of hydrogen-bond donors (Lipinski definition) is 1. The van der Waals surface area contributed by atoms with E-state index in [1.54, 1.807) is 13.3 Å². The fourth-order valence-corrected chi connectivity index (χ4v) is 2.03. The van der Waals surface area contributed by atoms with Crippen LogP contribution in [0.15, 0.2) is 36.5 Å². The lowest BCUT2D eigenvalue weighted by Gasteiger charge is -2.28. The number of aromatic nitrogens is 1. The minimum atomic E-state index is -0.418. The van der Waals surface area contributed by atoms with Gasteiger partial charge in [-0.15, -0.1) is 0 Å². The number of hydrogen-bond acceptors (Lipinski definition) is 3. The van der Waals surface area contributed by atoms with Crippen LogP contribution in [0.25, 0.3) is 10.9 Å². The van der Waals surface area contributed by atoms with Gasteiger partial charge in [0.1, 0.15) is 0 Å². The molecule has 0 aliphatic heterocycles. The number of benzene rings is 1. The first kappa shape index (κ1) is 12.0. The van der Waals surface area contributed by atoms with Gasteiger partial charge in [-0.25, -0.2) is 0 Å². The Bertz CT molecular complexity index is 512. The molecule has 1 atom stereocenters. The van der Waals surface area contributed by atoms with E-state index in [-0.39, 0.29) is 0 Å². The number of rotatable bonds is 4. The summed E-state index contributed by atoms with van der Waals surface area (Å²) in [6.07, 6.45) is 2.64. The summed E-state index contributed by atoms with van der Waals surface area (Å²) in [5.74, 6) is 0. The largest absolute Gasteiger partial charge is 0.382 e. The summed E-state index contributed by atoms with van der Waals surface area (Å²) < 4.78 is 5.22. The van der Waals surface area contributed by atoms with Crippen LogP contribution in [0.3, 0.4) is 0 Å². The Morgan fingerprint density at radius 2 is 2.18 bits per heavy atom. The SMILES string of the molecule is CCC(N)(COC)c1ccc2ncccc2c1. The van der Waals surface area contributed by atoms with Crippen LogP contribution in [0, 0.1) is 0 Å². The molecule has 1 aromatic carbocycles. The lowest BCUT2D eigenvalue weighted by molar-refractivity contribution is 0.129. The second-order valence-corrected chi connectivity index (χ2v) is 4.35. The Labute approximate surface area is 102 Å². The third-order valence-electron chi connectivity index (χ3n) is 3.21. The van der Waals surface area contributed by atoms with Gasteiger partial charge < -0.3 is 10.5 Å². The molecule has 1 unspecified atom stereocenters. The molecule has 1 aromatic heterocycles. The first-order valence-corrected chi connectivity index (χ1v) is 5.82. The van der Waals surface area contributed by atoms with Gasteiger partial charge in [-0.3, -0.25) is 4.98 Å². The molecular formula is C14H18N2O. The van der Waals surface area contributed by atoms with Crippen LogP contribution in [-0.4, -0.2) is 18.7 Å². The van der Waals surface area contributed by atoms with Gasteiger partial charge in [0.2, 0.25) is 0 Å². The number of methoxy groups -OCH3 is 1. The number of pyridine rings is 1. The molecule has 0 saturated heterocycles. The summed E-state index contributed by atoms with van der Waals surface area (Å²) in [4.78, 5) is 4.30. The molecule has 0 saturated carbocycles. The van der Waals surface area contributed by atoms with Crippen molar-refractivity contribution in [3.63, 3.8) is 0 Å². The molecule has 17 heavy (non-hydrogen) atoms. The Hall–Kier alpha value is -1.45. The second kappa shape index (κ2) is 4.82. The normalized spacial score (nSPS) is 14.8. The van der Waals surface area contributed by atoms with Crippen molar-refractivity contribution in [2.24, 2.45) is 5.73 Å². The molecular weight excluding hydrogens is 212 g/mol. The van der Waals surface area contributed by atoms with Crippen molar-refractivity contribution >= 4 is 10.9 Å². The van der Waals surface area contributed by atoms with E-state index in [9.17, 15) is 0 Å². The monoisotopic (exact) mass is 230 g/mol. The zero-order valence-corrected chi connectivity index (χ0v) is 10.3. The number of ether oxygens (including phenoxy) is 1. The molecule has 3 nitrogen and oxygen atoms in total. The van der Waals surface area contributed by atoms with Crippen LogP contribution in [0.1, 0.15) is 18.9 Å². The third-order valence-corrected chi connectivity index (χ3v) is 3.21. The van der Waals surface area contributed by atoms with E-state index in [1.165, 1.54) is 0 Å². The van der Waals surface area contributed by atoms with Crippen LogP contribution in [0.4, 0.5) is 0 Å². The summed E-state index contributed by atoms with van der Waals surface area (Å²) in [6, 6.07) is 10.1. The van der Waals surface area contributed by atoms with Gasteiger partial charge in [0.05, 0.1) is 17.7 Å². The average molecular weight is 230 g/mol. The maximum absolute atomic E-state index is 6.37. The first-order valence-electron chi connectivity index (χ1n) is 5.82. The van der Waals surface area contributed by atoms with Gasteiger partial charge in [-0.1, -0.05) is 19.1 Å². The highest BCUT2D eigenvalue weighted by molar-refractivity contribution is 5.79. The molecule has 0 aliphatic rings. The van der Waals surface area contributed by atoms with Crippen LogP contribution in [0.5, 0.6) is 0 Å². The van der Waals surface area contributed by atoms with Gasteiger partial charge in [-0.2, -0.15) is 0 Å². The van der Waals surface area contributed by atoms with E-state index in [1.807, 2.05) is 18.2 Å². The van der Waals surface area contributed by atoms with Crippen molar-refractivity contribution in [2.75, 3.05) is 13.7 Å². The van der Waals surface area contributed by atoms with Gasteiger partial charge in [-0.05, 0) is 30.2 Å². The Morgan fingerprint density at radius 3 is 2.88 bits per heavy atom. The summed E-state index contributed by atoms with van der Waals surface area (Å²) in [6.45, 7) is 2.60. The number of nitrogens with zero attached hydrogens (tertiary/aromatic N) is 1. The van der Waals surface area contributed by atoms with Gasteiger partial charge in [0, 0.05) is 18.7 Å². The summed E-state index contributed by atoms with van der Waals surface area (Å²) in [5.41, 5.74) is 8.05. The Kier molecular flexibility index (Phi) is 3.41. The molecule has 0 fully saturated rings. The smallest absolute Gasteiger partial charge is 0.0702 e. The van der Waals surface area contributed by atoms with Crippen LogP contribution >= 0.6 is 0 Å². The minimum absolute atomic E-state index is 0.418. The van der Waals surface area contributed by atoms with E-state index in [4.69, 9.17) is 10.5 Å². The molecule has 0 spiro atoms. The van der Waals surface area contributed by atoms with E-state index in [0.29, 0.717) is 6.61 Å². The van der Waals surface area contributed by atoms with Crippen molar-refractivity contribution in [3.05, 3.63) is 42.1 Å². The maximum Gasteiger partial charge on any atom is 0.0702 e. The van der Waals surface area contributed by atoms with Crippen molar-refractivity contribution in [3.8, 4) is 0 Å². The van der Waals surface area contributed by atoms with E-state index in [0.717, 1.165) is 22.9 Å². The average Bonchev–Trinajstić information content (AvgIpc) is 2.38. The van der Waals surface area contributed by atoms with Gasteiger partial charge >= 0.3 is 0 Å². The predicted octanol–water partition coefficient (Wildman–Crippen LogP) is 2.45. The van der Waals surface area contributed by atoms with Crippen molar-refractivity contribution in [1.82, 2.24) is 4.98 Å². The molecule has 0 aliphatic carbocycles. The van der Waals surface area contributed by atoms with Crippen molar-refractivity contribution < 1.29 is 4.74 Å². The fraction of sp³-hybridized carbons (Fsp3) is 0.357. The molecule has 2 aromatic rings. The third kappa shape index (κ3) is 2.30. The zero-order valence-electron chi connectivity index (χ0n) is 10.3. The first-order chi connectivity index (χ1) is 8.19. The van der Waals surface area contributed by atoms with E-state index in [2.05, 4.69) is 24.0 Å². The lowest BCUT2D eigenvalue weighted by Crippen LogP contribution is -2.40. The van der Waals surface area contributed by atoms with Crippen LogP contribution < -0.4 is 5.73 Å². The molecule has 90 valence electrons. The molecule has 0 amide bonds. The fourth-order valence-electron chi connectivity index (χ4n) is 2.03. The Balaban J connectivity index is 2.47. The number of nitrogens with two attached hydrogens (primary N) is 1. The summed E-state index contributed by atoms with van der Waals surface area (Å²) in [7, 11) is 1.68. The summed E-state index contributed by atoms with van der Waals surface area (Å²) >= 11 is 0. The molecule has 0 bridgehead atoms. The lowest BCUT2D eigenvalue weighted by atomic mass is 9.88. The maximum atomic E-state index is 6.37. The predicted molar refractivity (Wildman–Crippen MR) is 69.8 cm³/mol. The van der Waals surface area contributed by atoms with Crippen LogP contribution in [0.2, 0.25) is 0 Å². The highest BCUT2D eigenvalue weighted by Crippen LogP contribution is 2.25. The quantitative estimate of drug-likeness (QED) is 0.877. The standard InChI is InChI=1S/C14H18N2O/c1-3-14(15,10-17-2)12-6-7-13-11(9-12)5-4-8-16-13/h4-9H,3,10,15H2,1-2H3. The number of fused-ring (bicyclic) bond motifs is 1. The molecule has 2 N–H and O–H groups in total. The van der Waals surface area contributed by atoms with Crippen LogP contribution in [-0.2, 0) is 10.3 Å². The highest BCUT2D eigenvalue weighted by Gasteiger charge is 2.25. The molecule has 3 heteroatoms. The van der Waals surface area contributed by atoms with E-state index >= 15 is 0 Å². The highest BCUT2D eigenvalue weighted by atomic mass is 16.5. The van der Waals surface area contributed by atoms with E-state index < -0.39 is 5.54 Å². The molecule has 0 radical (unpaired) electrons. The van der Waals surface area contributed by atoms with Crippen molar-refractivity contribution in [2.45, 2.75) is 18.9 Å². The zero-order chi connectivity index (χ0) is 12.3. The molecule has 1 heterocycles. The van der Waals surface area contributed by atoms with Gasteiger partial charge in [0.25, 0.3) is 0 Å². The second-order valence-electron chi connectivity index (χ2n) is 4.35. The molecule has 2 rings (SSSR count). The van der Waals surface area contributed by atoms with Crippen molar-refractivity contribution in [1.29, 1.82) is 0 Å². The summed E-state index contributed by atoms with van der Waals surface area (Å²) in [5, 5.41) is 1.12.